The molecule has 1 fully saturated rings. The molecule has 0 heterocycles. The monoisotopic (exact) mass is 621 g/mol. The second-order valence-corrected chi connectivity index (χ2v) is 14.6. The first-order chi connectivity index (χ1) is 18.0. The van der Waals surface area contributed by atoms with Gasteiger partial charge in [0.1, 0.15) is 10.6 Å². The molecular formula is C24H23F8NO5S2. The van der Waals surface area contributed by atoms with Gasteiger partial charge in [-0.1, -0.05) is 6.07 Å². The molecule has 2 aromatic carbocycles. The zero-order chi connectivity index (χ0) is 30.5. The van der Waals surface area contributed by atoms with E-state index in [1.165, 1.54) is 0 Å². The number of benzene rings is 2. The fourth-order valence-electron chi connectivity index (χ4n) is 4.17. The molecule has 0 aliphatic heterocycles. The molecule has 2 aromatic rings. The summed E-state index contributed by atoms with van der Waals surface area (Å²) in [5.41, 5.74) is -2.88. The van der Waals surface area contributed by atoms with E-state index >= 15 is 4.39 Å². The summed E-state index contributed by atoms with van der Waals surface area (Å²) in [6.45, 7) is 1.90. The van der Waals surface area contributed by atoms with Crippen molar-refractivity contribution in [2.45, 2.75) is 77.5 Å². The molecule has 0 aromatic heterocycles. The lowest BCUT2D eigenvalue weighted by Gasteiger charge is -2.35. The molecule has 6 nitrogen and oxygen atoms in total. The predicted molar refractivity (Wildman–Crippen MR) is 126 cm³/mol. The average molecular weight is 622 g/mol. The topological polar surface area (TPSA) is 97.4 Å². The van der Waals surface area contributed by atoms with Crippen LogP contribution in [-0.2, 0) is 36.8 Å². The van der Waals surface area contributed by atoms with Gasteiger partial charge in [-0.2, -0.15) is 26.3 Å². The maximum atomic E-state index is 15.6. The third kappa shape index (κ3) is 5.97. The largest absolute Gasteiger partial charge is 0.416 e. The highest BCUT2D eigenvalue weighted by Crippen LogP contribution is 2.42. The van der Waals surface area contributed by atoms with Crippen molar-refractivity contribution in [1.82, 2.24) is 5.32 Å². The lowest BCUT2D eigenvalue weighted by atomic mass is 9.93. The Morgan fingerprint density at radius 3 is 1.90 bits per heavy atom. The Kier molecular flexibility index (Phi) is 8.15. The van der Waals surface area contributed by atoms with Crippen LogP contribution >= 0.6 is 0 Å². The molecule has 1 aliphatic rings. The molecule has 0 saturated heterocycles. The zero-order valence-electron chi connectivity index (χ0n) is 20.8. The van der Waals surface area contributed by atoms with Crippen LogP contribution in [0.1, 0.15) is 50.7 Å². The highest BCUT2D eigenvalue weighted by atomic mass is 32.2. The molecule has 40 heavy (non-hydrogen) atoms. The van der Waals surface area contributed by atoms with Crippen molar-refractivity contribution in [3.8, 4) is 0 Å². The van der Waals surface area contributed by atoms with Gasteiger partial charge < -0.3 is 5.32 Å². The van der Waals surface area contributed by atoms with Crippen LogP contribution in [0.3, 0.4) is 0 Å². The van der Waals surface area contributed by atoms with Gasteiger partial charge in [0.2, 0.25) is 20.7 Å². The van der Waals surface area contributed by atoms with Crippen LogP contribution in [0.15, 0.2) is 52.3 Å². The molecule has 0 bridgehead atoms. The number of carbonyl (C=O) groups is 1. The van der Waals surface area contributed by atoms with E-state index in [0.717, 1.165) is 26.0 Å². The van der Waals surface area contributed by atoms with Crippen LogP contribution < -0.4 is 5.32 Å². The lowest BCUT2D eigenvalue weighted by Crippen LogP contribution is -2.53. The minimum Gasteiger partial charge on any atom is -0.352 e. The third-order valence-corrected chi connectivity index (χ3v) is 11.4. The minimum absolute atomic E-state index is 0.0610. The van der Waals surface area contributed by atoms with Crippen LogP contribution in [0, 0.1) is 5.82 Å². The second kappa shape index (κ2) is 10.3. The second-order valence-electron chi connectivity index (χ2n) is 9.85. The van der Waals surface area contributed by atoms with Crippen molar-refractivity contribution in [3.63, 3.8) is 0 Å². The van der Waals surface area contributed by atoms with Gasteiger partial charge in [-0.25, -0.2) is 25.6 Å². The smallest absolute Gasteiger partial charge is 0.352 e. The summed E-state index contributed by atoms with van der Waals surface area (Å²) < 4.78 is 157. The molecule has 0 atom stereocenters. The highest BCUT2D eigenvalue weighted by Gasteiger charge is 2.50. The SMILES string of the molecule is CC(C)(C(=O)N[C@H]1CC[C@@](F)(S(=O)(=O)c2cc(F)cc(C(F)(F)F)c2)CC1)S(=O)(=O)c1cccc(C(F)(F)F)c1. The Labute approximate surface area is 224 Å². The van der Waals surface area contributed by atoms with Crippen molar-refractivity contribution >= 4 is 25.6 Å². The first-order valence-electron chi connectivity index (χ1n) is 11.6. The summed E-state index contributed by atoms with van der Waals surface area (Å²) in [6.07, 6.45) is -12.4. The summed E-state index contributed by atoms with van der Waals surface area (Å²) in [6, 6.07) is 2.26. The quantitative estimate of drug-likeness (QED) is 0.423. The van der Waals surface area contributed by atoms with E-state index in [1.807, 2.05) is 0 Å². The number of sulfone groups is 2. The van der Waals surface area contributed by atoms with Crippen molar-refractivity contribution < 1.29 is 56.8 Å². The predicted octanol–water partition coefficient (Wildman–Crippen LogP) is 5.61. The molecule has 1 saturated carbocycles. The maximum Gasteiger partial charge on any atom is 0.416 e. The number of hydrogen-bond acceptors (Lipinski definition) is 5. The van der Waals surface area contributed by atoms with Crippen LogP contribution in [-0.4, -0.2) is 38.5 Å². The summed E-state index contributed by atoms with van der Waals surface area (Å²) in [7, 11) is -9.81. The normalized spacial score (nSPS) is 21.2. The minimum atomic E-state index is -5.13. The van der Waals surface area contributed by atoms with Gasteiger partial charge in [-0.3, -0.25) is 4.79 Å². The maximum absolute atomic E-state index is 15.6. The summed E-state index contributed by atoms with van der Waals surface area (Å²) in [4.78, 5) is 10.9. The standard InChI is InChI=1S/C24H23F8NO5S2/c1-21(2,39(35,36)18-5-3-4-14(11-18)23(27,28)29)20(34)33-17-6-8-22(26,9-7-17)40(37,38)19-12-15(24(30,31)32)10-16(25)13-19/h3-5,10-13,17H,6-9H2,1-2H3,(H,33,34)/t17-,22+. The number of carbonyl (C=O) groups excluding carboxylic acids is 1. The van der Waals surface area contributed by atoms with Gasteiger partial charge in [0.15, 0.2) is 9.84 Å². The van der Waals surface area contributed by atoms with Gasteiger partial charge >= 0.3 is 12.4 Å². The Bertz CT molecular complexity index is 1510. The molecule has 16 heteroatoms. The zero-order valence-corrected chi connectivity index (χ0v) is 22.5. The third-order valence-electron chi connectivity index (χ3n) is 6.75. The number of nitrogens with one attached hydrogen (secondary N) is 1. The van der Waals surface area contributed by atoms with E-state index < -0.39 is 93.3 Å². The van der Waals surface area contributed by atoms with Gasteiger partial charge in [-0.05, 0) is 75.9 Å². The Balaban J connectivity index is 1.77. The van der Waals surface area contributed by atoms with E-state index in [2.05, 4.69) is 5.32 Å². The van der Waals surface area contributed by atoms with Crippen LogP contribution in [0.4, 0.5) is 35.1 Å². The average Bonchev–Trinajstić information content (AvgIpc) is 2.83. The molecular weight excluding hydrogens is 598 g/mol. The number of halogens is 8. The van der Waals surface area contributed by atoms with Crippen molar-refractivity contribution in [2.75, 3.05) is 0 Å². The first-order valence-corrected chi connectivity index (χ1v) is 14.5. The summed E-state index contributed by atoms with van der Waals surface area (Å²) in [5.74, 6) is -2.69. The summed E-state index contributed by atoms with van der Waals surface area (Å²) in [5, 5.41) is -0.770. The van der Waals surface area contributed by atoms with Crippen LogP contribution in [0.25, 0.3) is 0 Å². The molecule has 0 unspecified atom stereocenters. The van der Waals surface area contributed by atoms with E-state index in [-0.39, 0.29) is 31.0 Å². The molecule has 1 amide bonds. The molecule has 3 rings (SSSR count). The lowest BCUT2D eigenvalue weighted by molar-refractivity contribution is -0.138. The van der Waals surface area contributed by atoms with Crippen LogP contribution in [0.5, 0.6) is 0 Å². The number of alkyl halides is 7. The molecule has 222 valence electrons. The Morgan fingerprint density at radius 2 is 1.38 bits per heavy atom. The summed E-state index contributed by atoms with van der Waals surface area (Å²) >= 11 is 0. The van der Waals surface area contributed by atoms with Crippen molar-refractivity contribution in [2.24, 2.45) is 0 Å². The van der Waals surface area contributed by atoms with Gasteiger partial charge in [0, 0.05) is 6.04 Å². The number of rotatable bonds is 6. The van der Waals surface area contributed by atoms with E-state index in [9.17, 15) is 52.4 Å². The van der Waals surface area contributed by atoms with Crippen LogP contribution in [0.2, 0.25) is 0 Å². The first kappa shape index (κ1) is 31.8. The number of amides is 1. The fraction of sp³-hybridized carbons (Fsp3) is 0.458. The Hall–Kier alpha value is -2.75. The molecule has 1 N–H and O–H groups in total. The van der Waals surface area contributed by atoms with Crippen molar-refractivity contribution in [1.29, 1.82) is 0 Å². The van der Waals surface area contributed by atoms with E-state index in [0.29, 0.717) is 12.1 Å². The Morgan fingerprint density at radius 1 is 0.850 bits per heavy atom. The van der Waals surface area contributed by atoms with E-state index in [4.69, 9.17) is 0 Å². The van der Waals surface area contributed by atoms with Crippen molar-refractivity contribution in [3.05, 3.63) is 59.4 Å². The van der Waals surface area contributed by atoms with E-state index in [1.54, 1.807) is 0 Å². The fourth-order valence-corrected chi connectivity index (χ4v) is 7.35. The molecule has 1 aliphatic carbocycles. The highest BCUT2D eigenvalue weighted by molar-refractivity contribution is 7.93. The van der Waals surface area contributed by atoms with Gasteiger partial charge in [0.05, 0.1) is 20.9 Å². The molecule has 0 spiro atoms. The van der Waals surface area contributed by atoms with Gasteiger partial charge in [0.25, 0.3) is 0 Å². The molecule has 0 radical (unpaired) electrons. The number of hydrogen-bond donors (Lipinski definition) is 1. The van der Waals surface area contributed by atoms with Gasteiger partial charge in [-0.15, -0.1) is 0 Å².